The number of hydrogen-bond acceptors (Lipinski definition) is 1. The minimum atomic E-state index is -0.0715. The third-order valence-electron chi connectivity index (χ3n) is 3.20. The average Bonchev–Trinajstić information content (AvgIpc) is 2.46. The number of nitrogens with zero attached hydrogens (tertiary/aromatic N) is 1. The minimum Gasteiger partial charge on any atom is -0.311 e. The maximum Gasteiger partial charge on any atom is 0.259 e. The summed E-state index contributed by atoms with van der Waals surface area (Å²) in [7, 11) is 1.77. The molecule has 0 aliphatic heterocycles. The van der Waals surface area contributed by atoms with Crippen molar-refractivity contribution < 1.29 is 4.79 Å². The van der Waals surface area contributed by atoms with E-state index in [0.717, 1.165) is 12.1 Å². The van der Waals surface area contributed by atoms with Crippen LogP contribution in [0.4, 0.5) is 5.69 Å². The number of amides is 1. The van der Waals surface area contributed by atoms with E-state index >= 15 is 0 Å². The molecule has 0 fully saturated rings. The molecule has 2 aromatic rings. The van der Waals surface area contributed by atoms with E-state index in [1.165, 1.54) is 5.56 Å². The first kappa shape index (κ1) is 15.1. The van der Waals surface area contributed by atoms with Crippen molar-refractivity contribution in [2.75, 3.05) is 11.9 Å². The van der Waals surface area contributed by atoms with Crippen LogP contribution < -0.4 is 4.90 Å². The van der Waals surface area contributed by atoms with Crippen LogP contribution in [0.15, 0.2) is 46.9 Å². The summed E-state index contributed by atoms with van der Waals surface area (Å²) in [5.74, 6) is -0.0715. The highest BCUT2D eigenvalue weighted by molar-refractivity contribution is 9.10. The van der Waals surface area contributed by atoms with Crippen molar-refractivity contribution in [3.05, 3.63) is 63.1 Å². The SMILES string of the molecule is CCc1ccc(N(C)C(=O)c2ccc(Cl)cc2Br)cc1. The molecular formula is C16H15BrClNO. The molecule has 0 aliphatic carbocycles. The lowest BCUT2D eigenvalue weighted by molar-refractivity contribution is 0.0992. The third-order valence-corrected chi connectivity index (χ3v) is 4.09. The summed E-state index contributed by atoms with van der Waals surface area (Å²) < 4.78 is 0.701. The summed E-state index contributed by atoms with van der Waals surface area (Å²) in [6, 6.07) is 13.2. The first-order chi connectivity index (χ1) is 9.52. The highest BCUT2D eigenvalue weighted by Gasteiger charge is 2.16. The van der Waals surface area contributed by atoms with Gasteiger partial charge in [0.25, 0.3) is 5.91 Å². The van der Waals surface area contributed by atoms with E-state index in [9.17, 15) is 4.79 Å². The molecule has 0 unspecified atom stereocenters. The number of hydrogen-bond donors (Lipinski definition) is 0. The zero-order valence-corrected chi connectivity index (χ0v) is 13.7. The summed E-state index contributed by atoms with van der Waals surface area (Å²) in [6.07, 6.45) is 0.987. The molecule has 104 valence electrons. The zero-order valence-electron chi connectivity index (χ0n) is 11.4. The van der Waals surface area contributed by atoms with Crippen LogP contribution in [-0.4, -0.2) is 13.0 Å². The van der Waals surface area contributed by atoms with Crippen LogP contribution in [-0.2, 0) is 6.42 Å². The van der Waals surface area contributed by atoms with Crippen LogP contribution in [0, 0.1) is 0 Å². The monoisotopic (exact) mass is 351 g/mol. The van der Waals surface area contributed by atoms with Gasteiger partial charge in [0, 0.05) is 22.2 Å². The van der Waals surface area contributed by atoms with Gasteiger partial charge in [-0.25, -0.2) is 0 Å². The summed E-state index contributed by atoms with van der Waals surface area (Å²) in [4.78, 5) is 14.1. The summed E-state index contributed by atoms with van der Waals surface area (Å²) >= 11 is 9.28. The standard InChI is InChI=1S/C16H15BrClNO/c1-3-11-4-7-13(8-5-11)19(2)16(20)14-9-6-12(18)10-15(14)17/h4-10H,3H2,1-2H3. The lowest BCUT2D eigenvalue weighted by Gasteiger charge is -2.18. The smallest absolute Gasteiger partial charge is 0.259 e. The fourth-order valence-corrected chi connectivity index (χ4v) is 2.77. The number of rotatable bonds is 3. The molecule has 2 aromatic carbocycles. The van der Waals surface area contributed by atoms with Crippen LogP contribution in [0.3, 0.4) is 0 Å². The number of carbonyl (C=O) groups is 1. The van der Waals surface area contributed by atoms with E-state index in [2.05, 4.69) is 22.9 Å². The van der Waals surface area contributed by atoms with Crippen LogP contribution in [0.1, 0.15) is 22.8 Å². The Morgan fingerprint density at radius 3 is 2.40 bits per heavy atom. The molecule has 0 bridgehead atoms. The zero-order chi connectivity index (χ0) is 14.7. The first-order valence-electron chi connectivity index (χ1n) is 6.35. The second-order valence-electron chi connectivity index (χ2n) is 4.51. The van der Waals surface area contributed by atoms with Gasteiger partial charge in [-0.1, -0.05) is 30.7 Å². The maximum atomic E-state index is 12.5. The molecule has 0 saturated heterocycles. The molecule has 0 heterocycles. The third kappa shape index (κ3) is 3.22. The van der Waals surface area contributed by atoms with Crippen LogP contribution in [0.5, 0.6) is 0 Å². The fourth-order valence-electron chi connectivity index (χ4n) is 1.92. The molecular weight excluding hydrogens is 338 g/mol. The van der Waals surface area contributed by atoms with Gasteiger partial charge in [0.05, 0.1) is 5.56 Å². The van der Waals surface area contributed by atoms with Crippen LogP contribution in [0.2, 0.25) is 5.02 Å². The molecule has 4 heteroatoms. The van der Waals surface area contributed by atoms with E-state index in [1.54, 1.807) is 30.1 Å². The lowest BCUT2D eigenvalue weighted by atomic mass is 10.1. The Labute approximate surface area is 132 Å². The predicted molar refractivity (Wildman–Crippen MR) is 87.7 cm³/mol. The highest BCUT2D eigenvalue weighted by atomic mass is 79.9. The van der Waals surface area contributed by atoms with Gasteiger partial charge in [-0.15, -0.1) is 0 Å². The van der Waals surface area contributed by atoms with Gasteiger partial charge in [0.15, 0.2) is 0 Å². The minimum absolute atomic E-state index is 0.0715. The summed E-state index contributed by atoms with van der Waals surface area (Å²) in [5, 5.41) is 0.600. The topological polar surface area (TPSA) is 20.3 Å². The second kappa shape index (κ2) is 6.42. The van der Waals surface area contributed by atoms with Gasteiger partial charge >= 0.3 is 0 Å². The number of anilines is 1. The van der Waals surface area contributed by atoms with Crippen molar-refractivity contribution in [1.29, 1.82) is 0 Å². The van der Waals surface area contributed by atoms with E-state index in [4.69, 9.17) is 11.6 Å². The Morgan fingerprint density at radius 2 is 1.85 bits per heavy atom. The van der Waals surface area contributed by atoms with Crippen LogP contribution in [0.25, 0.3) is 0 Å². The van der Waals surface area contributed by atoms with Gasteiger partial charge in [0.2, 0.25) is 0 Å². The molecule has 2 rings (SSSR count). The number of carbonyl (C=O) groups excluding carboxylic acids is 1. The molecule has 2 nitrogen and oxygen atoms in total. The first-order valence-corrected chi connectivity index (χ1v) is 7.52. The number of aryl methyl sites for hydroxylation is 1. The Balaban J connectivity index is 2.27. The Kier molecular flexibility index (Phi) is 4.84. The van der Waals surface area contributed by atoms with Crippen molar-refractivity contribution in [3.8, 4) is 0 Å². The molecule has 0 aliphatic rings. The van der Waals surface area contributed by atoms with Crippen molar-refractivity contribution in [2.45, 2.75) is 13.3 Å². The average molecular weight is 353 g/mol. The largest absolute Gasteiger partial charge is 0.311 e. The summed E-state index contributed by atoms with van der Waals surface area (Å²) in [6.45, 7) is 2.11. The fraction of sp³-hybridized carbons (Fsp3) is 0.188. The molecule has 1 amide bonds. The highest BCUT2D eigenvalue weighted by Crippen LogP contribution is 2.24. The lowest BCUT2D eigenvalue weighted by Crippen LogP contribution is -2.26. The van der Waals surface area contributed by atoms with Gasteiger partial charge in [0.1, 0.15) is 0 Å². The molecule has 0 spiro atoms. The normalized spacial score (nSPS) is 10.4. The molecule has 0 aromatic heterocycles. The van der Waals surface area contributed by atoms with Crippen LogP contribution >= 0.6 is 27.5 Å². The molecule has 0 saturated carbocycles. The van der Waals surface area contributed by atoms with Gasteiger partial charge < -0.3 is 4.90 Å². The van der Waals surface area contributed by atoms with Crippen molar-refractivity contribution in [1.82, 2.24) is 0 Å². The van der Waals surface area contributed by atoms with E-state index in [1.807, 2.05) is 24.3 Å². The second-order valence-corrected chi connectivity index (χ2v) is 5.80. The predicted octanol–water partition coefficient (Wildman–Crippen LogP) is 4.94. The maximum absolute atomic E-state index is 12.5. The van der Waals surface area contributed by atoms with Gasteiger partial charge in [-0.05, 0) is 58.2 Å². The Morgan fingerprint density at radius 1 is 1.20 bits per heavy atom. The van der Waals surface area contributed by atoms with Crippen molar-refractivity contribution in [3.63, 3.8) is 0 Å². The van der Waals surface area contributed by atoms with E-state index in [0.29, 0.717) is 15.1 Å². The Bertz CT molecular complexity index is 625. The molecule has 0 atom stereocenters. The van der Waals surface area contributed by atoms with E-state index in [-0.39, 0.29) is 5.91 Å². The molecule has 20 heavy (non-hydrogen) atoms. The van der Waals surface area contributed by atoms with Gasteiger partial charge in [-0.3, -0.25) is 4.79 Å². The van der Waals surface area contributed by atoms with Crippen molar-refractivity contribution in [2.24, 2.45) is 0 Å². The van der Waals surface area contributed by atoms with Crippen molar-refractivity contribution >= 4 is 39.1 Å². The quantitative estimate of drug-likeness (QED) is 0.766. The number of benzene rings is 2. The van der Waals surface area contributed by atoms with Gasteiger partial charge in [-0.2, -0.15) is 0 Å². The number of halogens is 2. The Hall–Kier alpha value is -1.32. The molecule has 0 radical (unpaired) electrons. The van der Waals surface area contributed by atoms with E-state index < -0.39 is 0 Å². The molecule has 0 N–H and O–H groups in total. The summed E-state index contributed by atoms with van der Waals surface area (Å²) in [5.41, 5.74) is 2.72.